The molecule has 17 heavy (non-hydrogen) atoms. The molecule has 2 N–H and O–H groups in total. The molecule has 1 atom stereocenters. The van der Waals surface area contributed by atoms with Crippen molar-refractivity contribution in [2.24, 2.45) is 4.99 Å². The summed E-state index contributed by atoms with van der Waals surface area (Å²) in [6, 6.07) is 0.683. The fraction of sp³-hybridized carbons (Fsp3) is 0.917. The zero-order valence-electron chi connectivity index (χ0n) is 11.3. The monoisotopic (exact) mass is 354 g/mol. The van der Waals surface area contributed by atoms with E-state index < -0.39 is 0 Å². The molecule has 1 heterocycles. The average Bonchev–Trinajstić information content (AvgIpc) is 2.35. The van der Waals surface area contributed by atoms with Crippen molar-refractivity contribution in [1.29, 1.82) is 0 Å². The molecule has 0 radical (unpaired) electrons. The highest BCUT2D eigenvalue weighted by atomic mass is 127. The van der Waals surface area contributed by atoms with Crippen LogP contribution in [0.4, 0.5) is 0 Å². The molecule has 102 valence electrons. The van der Waals surface area contributed by atoms with Gasteiger partial charge in [-0.2, -0.15) is 0 Å². The molecule has 1 unspecified atom stereocenters. The van der Waals surface area contributed by atoms with Crippen molar-refractivity contribution in [3.63, 3.8) is 0 Å². The van der Waals surface area contributed by atoms with E-state index in [-0.39, 0.29) is 24.0 Å². The normalized spacial score (nSPS) is 19.4. The lowest BCUT2D eigenvalue weighted by molar-refractivity contribution is 0.167. The van der Waals surface area contributed by atoms with Gasteiger partial charge in [-0.05, 0) is 39.3 Å². The molecule has 0 spiro atoms. The minimum atomic E-state index is 0. The highest BCUT2D eigenvalue weighted by Crippen LogP contribution is 2.13. The van der Waals surface area contributed by atoms with Crippen molar-refractivity contribution >= 4 is 29.9 Å². The maximum Gasteiger partial charge on any atom is 0.190 e. The van der Waals surface area contributed by atoms with Crippen LogP contribution in [-0.4, -0.2) is 50.6 Å². The van der Waals surface area contributed by atoms with Gasteiger partial charge in [0, 0.05) is 26.7 Å². The first-order chi connectivity index (χ1) is 7.77. The number of nitrogens with zero attached hydrogens (tertiary/aromatic N) is 2. The Labute approximate surface area is 123 Å². The van der Waals surface area contributed by atoms with Crippen LogP contribution in [-0.2, 0) is 0 Å². The van der Waals surface area contributed by atoms with Crippen LogP contribution in [0.25, 0.3) is 0 Å². The molecule has 0 aromatic carbocycles. The molecule has 1 aliphatic heterocycles. The minimum absolute atomic E-state index is 0. The molecule has 0 aromatic heterocycles. The molecule has 0 aromatic rings. The van der Waals surface area contributed by atoms with E-state index in [1.807, 2.05) is 7.05 Å². The van der Waals surface area contributed by atoms with E-state index in [4.69, 9.17) is 0 Å². The second kappa shape index (κ2) is 9.94. The average molecular weight is 354 g/mol. The molecule has 1 rings (SSSR count). The number of hydrogen-bond donors (Lipinski definition) is 2. The lowest BCUT2D eigenvalue weighted by atomic mass is 10.1. The van der Waals surface area contributed by atoms with Gasteiger partial charge in [0.05, 0.1) is 0 Å². The van der Waals surface area contributed by atoms with E-state index in [1.165, 1.54) is 38.8 Å². The summed E-state index contributed by atoms with van der Waals surface area (Å²) in [5, 5.41) is 6.33. The molecule has 1 aliphatic rings. The van der Waals surface area contributed by atoms with Gasteiger partial charge < -0.3 is 15.5 Å². The van der Waals surface area contributed by atoms with Gasteiger partial charge >= 0.3 is 0 Å². The third-order valence-electron chi connectivity index (χ3n) is 3.33. The summed E-state index contributed by atoms with van der Waals surface area (Å²) < 4.78 is 0. The topological polar surface area (TPSA) is 39.7 Å². The van der Waals surface area contributed by atoms with Gasteiger partial charge in [-0.25, -0.2) is 0 Å². The van der Waals surface area contributed by atoms with Gasteiger partial charge in [0.25, 0.3) is 0 Å². The molecule has 0 aliphatic carbocycles. The molecule has 5 heteroatoms. The Morgan fingerprint density at radius 1 is 1.29 bits per heavy atom. The summed E-state index contributed by atoms with van der Waals surface area (Å²) in [4.78, 5) is 6.70. The molecular formula is C12H27IN4. The van der Waals surface area contributed by atoms with Crippen LogP contribution in [0.3, 0.4) is 0 Å². The van der Waals surface area contributed by atoms with Crippen molar-refractivity contribution in [3.8, 4) is 0 Å². The van der Waals surface area contributed by atoms with Crippen LogP contribution in [0.5, 0.6) is 0 Å². The van der Waals surface area contributed by atoms with Crippen molar-refractivity contribution in [1.82, 2.24) is 15.5 Å². The fourth-order valence-electron chi connectivity index (χ4n) is 2.22. The van der Waals surface area contributed by atoms with Crippen LogP contribution in [0.1, 0.15) is 32.6 Å². The fourth-order valence-corrected chi connectivity index (χ4v) is 2.22. The summed E-state index contributed by atoms with van der Waals surface area (Å²) in [6.45, 7) is 5.88. The van der Waals surface area contributed by atoms with Gasteiger partial charge in [0.15, 0.2) is 5.96 Å². The Balaban J connectivity index is 0.00000256. The highest BCUT2D eigenvalue weighted by molar-refractivity contribution is 14.0. The van der Waals surface area contributed by atoms with Gasteiger partial charge in [-0.1, -0.05) is 6.42 Å². The van der Waals surface area contributed by atoms with Crippen LogP contribution in [0.2, 0.25) is 0 Å². The highest BCUT2D eigenvalue weighted by Gasteiger charge is 2.15. The number of hydrogen-bond acceptors (Lipinski definition) is 2. The quantitative estimate of drug-likeness (QED) is 0.458. The molecule has 0 saturated carbocycles. The summed E-state index contributed by atoms with van der Waals surface area (Å²) in [6.07, 6.45) is 5.33. The second-order valence-electron chi connectivity index (χ2n) is 4.48. The Kier molecular flexibility index (Phi) is 9.91. The van der Waals surface area contributed by atoms with E-state index in [9.17, 15) is 0 Å². The Morgan fingerprint density at radius 2 is 1.94 bits per heavy atom. The van der Waals surface area contributed by atoms with Crippen molar-refractivity contribution < 1.29 is 0 Å². The predicted octanol–water partition coefficient (Wildman–Crippen LogP) is 1.66. The van der Waals surface area contributed by atoms with Crippen molar-refractivity contribution in [2.75, 3.05) is 33.7 Å². The third kappa shape index (κ3) is 6.45. The smallest absolute Gasteiger partial charge is 0.190 e. The van der Waals surface area contributed by atoms with Gasteiger partial charge in [0.2, 0.25) is 0 Å². The van der Waals surface area contributed by atoms with Crippen LogP contribution < -0.4 is 10.6 Å². The molecule has 1 saturated heterocycles. The standard InChI is InChI=1S/C12H26N4.HI/c1-11(16-9-5-4-6-10-16)7-8-15-12(13-2)14-3;/h11H,4-10H2,1-3H3,(H2,13,14,15);1H. The van der Waals surface area contributed by atoms with Crippen molar-refractivity contribution in [2.45, 2.75) is 38.6 Å². The number of aliphatic imine (C=N–C) groups is 1. The summed E-state index contributed by atoms with van der Waals surface area (Å²) in [7, 11) is 3.69. The van der Waals surface area contributed by atoms with E-state index in [0.29, 0.717) is 6.04 Å². The Hall–Kier alpha value is -0.0400. The molecule has 0 amide bonds. The molecule has 1 fully saturated rings. The van der Waals surface area contributed by atoms with Gasteiger partial charge in [-0.15, -0.1) is 24.0 Å². The Morgan fingerprint density at radius 3 is 2.47 bits per heavy atom. The number of halogens is 1. The van der Waals surface area contributed by atoms with E-state index in [0.717, 1.165) is 12.5 Å². The number of likely N-dealkylation sites (tertiary alicyclic amines) is 1. The lowest BCUT2D eigenvalue weighted by Gasteiger charge is -2.32. The molecule has 0 bridgehead atoms. The van der Waals surface area contributed by atoms with Crippen molar-refractivity contribution in [3.05, 3.63) is 0 Å². The van der Waals surface area contributed by atoms with Crippen LogP contribution in [0.15, 0.2) is 4.99 Å². The summed E-state index contributed by atoms with van der Waals surface area (Å²) in [5.74, 6) is 0.880. The largest absolute Gasteiger partial charge is 0.359 e. The summed E-state index contributed by atoms with van der Waals surface area (Å²) >= 11 is 0. The number of rotatable bonds is 4. The van der Waals surface area contributed by atoms with Gasteiger partial charge in [0.1, 0.15) is 0 Å². The van der Waals surface area contributed by atoms with E-state index in [2.05, 4.69) is 27.4 Å². The minimum Gasteiger partial charge on any atom is -0.359 e. The first-order valence-electron chi connectivity index (χ1n) is 6.40. The lowest BCUT2D eigenvalue weighted by Crippen LogP contribution is -2.41. The maximum absolute atomic E-state index is 4.10. The third-order valence-corrected chi connectivity index (χ3v) is 3.33. The molecule has 4 nitrogen and oxygen atoms in total. The van der Waals surface area contributed by atoms with Crippen LogP contribution in [0, 0.1) is 0 Å². The van der Waals surface area contributed by atoms with Crippen LogP contribution >= 0.6 is 24.0 Å². The van der Waals surface area contributed by atoms with E-state index in [1.54, 1.807) is 7.05 Å². The predicted molar refractivity (Wildman–Crippen MR) is 85.3 cm³/mol. The summed E-state index contributed by atoms with van der Waals surface area (Å²) in [5.41, 5.74) is 0. The zero-order valence-corrected chi connectivity index (χ0v) is 13.7. The first kappa shape index (κ1) is 17.0. The van der Waals surface area contributed by atoms with Gasteiger partial charge in [-0.3, -0.25) is 4.99 Å². The number of guanidine groups is 1. The second-order valence-corrected chi connectivity index (χ2v) is 4.48. The first-order valence-corrected chi connectivity index (χ1v) is 6.40. The zero-order chi connectivity index (χ0) is 11.8. The molecular weight excluding hydrogens is 327 g/mol. The SMILES string of the molecule is CN=C(NC)NCCC(C)N1CCCCC1.I. The Bertz CT molecular complexity index is 215. The maximum atomic E-state index is 4.10. The van der Waals surface area contributed by atoms with E-state index >= 15 is 0 Å². The number of piperidine rings is 1. The number of nitrogens with one attached hydrogen (secondary N) is 2.